The van der Waals surface area contributed by atoms with Crippen molar-refractivity contribution in [2.24, 2.45) is 0 Å². The number of hydrogen-bond donors (Lipinski definition) is 1. The highest BCUT2D eigenvalue weighted by atomic mass is 32.1. The van der Waals surface area contributed by atoms with Crippen LogP contribution in [-0.4, -0.2) is 22.4 Å². The van der Waals surface area contributed by atoms with Gasteiger partial charge in [0.2, 0.25) is 5.91 Å². The second-order valence-corrected chi connectivity index (χ2v) is 8.08. The Labute approximate surface area is 178 Å². The van der Waals surface area contributed by atoms with Crippen LogP contribution < -0.4 is 10.1 Å². The fraction of sp³-hybridized carbons (Fsp3) is 0.217. The Morgan fingerprint density at radius 2 is 1.90 bits per heavy atom. The van der Waals surface area contributed by atoms with Crippen LogP contribution in [0.2, 0.25) is 0 Å². The number of thiazole rings is 1. The summed E-state index contributed by atoms with van der Waals surface area (Å²) in [7, 11) is 1.63. The first-order chi connectivity index (χ1) is 14.5. The molecule has 2 aromatic heterocycles. The molecule has 0 atom stereocenters. The number of ether oxygens (including phenoxy) is 1. The van der Waals surface area contributed by atoms with Gasteiger partial charge in [-0.25, -0.2) is 9.37 Å². The molecular formula is C23H22FN3O2S. The molecule has 154 valence electrons. The van der Waals surface area contributed by atoms with E-state index in [9.17, 15) is 9.18 Å². The summed E-state index contributed by atoms with van der Waals surface area (Å²) in [4.78, 5) is 18.8. The van der Waals surface area contributed by atoms with Gasteiger partial charge in [0.05, 0.1) is 19.3 Å². The standard InChI is InChI=1S/C23H22FN3O2S/c1-15-21(13-25-22(28)12-5-16-3-10-19(29-2)11-4-16)30-23-26-20(14-27(15)23)17-6-8-18(24)9-7-17/h3-4,6-11,14H,5,12-13H2,1-2H3,(H,25,28). The van der Waals surface area contributed by atoms with Gasteiger partial charge in [-0.3, -0.25) is 9.20 Å². The SMILES string of the molecule is COc1ccc(CCC(=O)NCc2sc3nc(-c4ccc(F)cc4)cn3c2C)cc1. The van der Waals surface area contributed by atoms with Crippen LogP contribution in [0.3, 0.4) is 0 Å². The summed E-state index contributed by atoms with van der Waals surface area (Å²) in [5.74, 6) is 0.563. The summed E-state index contributed by atoms with van der Waals surface area (Å²) in [6, 6.07) is 14.1. The molecule has 0 aliphatic carbocycles. The third-order valence-corrected chi connectivity index (χ3v) is 6.20. The molecule has 0 saturated heterocycles. The van der Waals surface area contributed by atoms with Crippen molar-refractivity contribution in [3.8, 4) is 17.0 Å². The number of rotatable bonds is 7. The highest BCUT2D eigenvalue weighted by Crippen LogP contribution is 2.27. The summed E-state index contributed by atoms with van der Waals surface area (Å²) in [5.41, 5.74) is 3.83. The molecule has 2 aromatic carbocycles. The summed E-state index contributed by atoms with van der Waals surface area (Å²) in [5, 5.41) is 3.00. The van der Waals surface area contributed by atoms with Crippen LogP contribution >= 0.6 is 11.3 Å². The van der Waals surface area contributed by atoms with Gasteiger partial charge in [0.15, 0.2) is 4.96 Å². The summed E-state index contributed by atoms with van der Waals surface area (Å²) in [6.45, 7) is 2.49. The average molecular weight is 424 g/mol. The van der Waals surface area contributed by atoms with E-state index < -0.39 is 0 Å². The molecule has 0 spiro atoms. The van der Waals surface area contributed by atoms with Crippen LogP contribution in [0.15, 0.2) is 54.7 Å². The smallest absolute Gasteiger partial charge is 0.220 e. The molecule has 1 amide bonds. The molecule has 0 aliphatic heterocycles. The fourth-order valence-corrected chi connectivity index (χ4v) is 4.28. The lowest BCUT2D eigenvalue weighted by Gasteiger charge is -2.06. The third-order valence-electron chi connectivity index (χ3n) is 5.04. The minimum Gasteiger partial charge on any atom is -0.497 e. The number of hydrogen-bond acceptors (Lipinski definition) is 4. The first-order valence-electron chi connectivity index (χ1n) is 9.66. The lowest BCUT2D eigenvalue weighted by molar-refractivity contribution is -0.121. The zero-order valence-electron chi connectivity index (χ0n) is 16.8. The van der Waals surface area contributed by atoms with E-state index in [1.165, 1.54) is 12.1 Å². The maximum Gasteiger partial charge on any atom is 0.220 e. The van der Waals surface area contributed by atoms with Crippen molar-refractivity contribution in [1.29, 1.82) is 0 Å². The number of nitrogens with one attached hydrogen (secondary N) is 1. The Morgan fingerprint density at radius 3 is 2.57 bits per heavy atom. The average Bonchev–Trinajstić information content (AvgIpc) is 3.31. The summed E-state index contributed by atoms with van der Waals surface area (Å²) < 4.78 is 20.3. The van der Waals surface area contributed by atoms with Gasteiger partial charge in [-0.05, 0) is 55.3 Å². The number of halogens is 1. The van der Waals surface area contributed by atoms with Crippen LogP contribution in [0.1, 0.15) is 22.6 Å². The van der Waals surface area contributed by atoms with E-state index in [0.29, 0.717) is 19.4 Å². The topological polar surface area (TPSA) is 55.6 Å². The molecule has 0 aliphatic rings. The van der Waals surface area contributed by atoms with Crippen molar-refractivity contribution in [2.45, 2.75) is 26.3 Å². The number of fused-ring (bicyclic) bond motifs is 1. The number of imidazole rings is 1. The van der Waals surface area contributed by atoms with E-state index in [2.05, 4.69) is 10.3 Å². The predicted octanol–water partition coefficient (Wildman–Crippen LogP) is 4.77. The van der Waals surface area contributed by atoms with E-state index in [0.717, 1.165) is 38.1 Å². The van der Waals surface area contributed by atoms with E-state index in [1.54, 1.807) is 30.6 Å². The molecule has 1 N–H and O–H groups in total. The molecule has 30 heavy (non-hydrogen) atoms. The van der Waals surface area contributed by atoms with Crippen molar-refractivity contribution in [3.05, 3.63) is 76.7 Å². The predicted molar refractivity (Wildman–Crippen MR) is 116 cm³/mol. The third kappa shape index (κ3) is 4.36. The number of nitrogens with zero attached hydrogens (tertiary/aromatic N) is 2. The lowest BCUT2D eigenvalue weighted by atomic mass is 10.1. The Bertz CT molecular complexity index is 1160. The number of aryl methyl sites for hydroxylation is 2. The highest BCUT2D eigenvalue weighted by molar-refractivity contribution is 7.17. The van der Waals surface area contributed by atoms with Gasteiger partial charge in [0.1, 0.15) is 11.6 Å². The number of methoxy groups -OCH3 is 1. The van der Waals surface area contributed by atoms with Gasteiger partial charge >= 0.3 is 0 Å². The zero-order chi connectivity index (χ0) is 21.1. The molecule has 0 fully saturated rings. The van der Waals surface area contributed by atoms with Crippen LogP contribution in [0.4, 0.5) is 4.39 Å². The van der Waals surface area contributed by atoms with Crippen LogP contribution in [-0.2, 0) is 17.8 Å². The minimum absolute atomic E-state index is 0.0169. The van der Waals surface area contributed by atoms with E-state index in [4.69, 9.17) is 4.74 Å². The van der Waals surface area contributed by atoms with Crippen molar-refractivity contribution < 1.29 is 13.9 Å². The number of aromatic nitrogens is 2. The van der Waals surface area contributed by atoms with Gasteiger partial charge in [-0.2, -0.15) is 0 Å². The maximum absolute atomic E-state index is 13.1. The monoisotopic (exact) mass is 423 g/mol. The summed E-state index contributed by atoms with van der Waals surface area (Å²) >= 11 is 1.55. The van der Waals surface area contributed by atoms with Crippen molar-refractivity contribution in [3.63, 3.8) is 0 Å². The second kappa shape index (κ2) is 8.67. The quantitative estimate of drug-likeness (QED) is 0.466. The Hall–Kier alpha value is -3.19. The molecule has 0 bridgehead atoms. The Balaban J connectivity index is 1.36. The van der Waals surface area contributed by atoms with Gasteiger partial charge in [-0.15, -0.1) is 0 Å². The maximum atomic E-state index is 13.1. The molecular weight excluding hydrogens is 401 g/mol. The molecule has 7 heteroatoms. The van der Waals surface area contributed by atoms with Gasteiger partial charge in [0.25, 0.3) is 0 Å². The van der Waals surface area contributed by atoms with E-state index >= 15 is 0 Å². The minimum atomic E-state index is -0.263. The first-order valence-corrected chi connectivity index (χ1v) is 10.5. The molecule has 4 aromatic rings. The van der Waals surface area contributed by atoms with E-state index in [1.807, 2.05) is 41.8 Å². The number of amides is 1. The van der Waals surface area contributed by atoms with Gasteiger partial charge in [-0.1, -0.05) is 23.5 Å². The largest absolute Gasteiger partial charge is 0.497 e. The van der Waals surface area contributed by atoms with Crippen molar-refractivity contribution in [1.82, 2.24) is 14.7 Å². The molecule has 0 saturated carbocycles. The number of benzene rings is 2. The number of carbonyl (C=O) groups is 1. The molecule has 5 nitrogen and oxygen atoms in total. The van der Waals surface area contributed by atoms with Gasteiger partial charge in [0, 0.05) is 28.8 Å². The zero-order valence-corrected chi connectivity index (χ0v) is 17.6. The van der Waals surface area contributed by atoms with Crippen LogP contribution in [0, 0.1) is 12.7 Å². The second-order valence-electron chi connectivity index (χ2n) is 7.02. The molecule has 0 radical (unpaired) electrons. The van der Waals surface area contributed by atoms with Crippen molar-refractivity contribution >= 4 is 22.2 Å². The molecule has 0 unspecified atom stereocenters. The van der Waals surface area contributed by atoms with Gasteiger partial charge < -0.3 is 10.1 Å². The van der Waals surface area contributed by atoms with E-state index in [-0.39, 0.29) is 11.7 Å². The van der Waals surface area contributed by atoms with Crippen molar-refractivity contribution in [2.75, 3.05) is 7.11 Å². The number of carbonyl (C=O) groups excluding carboxylic acids is 1. The lowest BCUT2D eigenvalue weighted by Crippen LogP contribution is -2.23. The molecule has 2 heterocycles. The van der Waals surface area contributed by atoms with Crippen LogP contribution in [0.25, 0.3) is 16.2 Å². The Morgan fingerprint density at radius 1 is 1.17 bits per heavy atom. The first kappa shape index (κ1) is 20.1. The molecule has 4 rings (SSSR count). The Kier molecular flexibility index (Phi) is 5.81. The summed E-state index contributed by atoms with van der Waals surface area (Å²) in [6.07, 6.45) is 3.07. The highest BCUT2D eigenvalue weighted by Gasteiger charge is 2.13. The normalized spacial score (nSPS) is 11.0. The fourth-order valence-electron chi connectivity index (χ4n) is 3.24. The van der Waals surface area contributed by atoms with Crippen LogP contribution in [0.5, 0.6) is 5.75 Å².